The summed E-state index contributed by atoms with van der Waals surface area (Å²) >= 11 is 6.00. The van der Waals surface area contributed by atoms with Crippen LogP contribution in [0, 0.1) is 0 Å². The average Bonchev–Trinajstić information content (AvgIpc) is 2.39. The van der Waals surface area contributed by atoms with Gasteiger partial charge in [-0.05, 0) is 23.3 Å². The van der Waals surface area contributed by atoms with Crippen LogP contribution in [0.5, 0.6) is 0 Å². The van der Waals surface area contributed by atoms with Crippen molar-refractivity contribution < 1.29 is 9.00 Å². The van der Waals surface area contributed by atoms with Gasteiger partial charge in [0.15, 0.2) is 0 Å². The second-order valence-corrected chi connectivity index (χ2v) is 6.30. The van der Waals surface area contributed by atoms with E-state index in [0.29, 0.717) is 5.02 Å². The fourth-order valence-corrected chi connectivity index (χ4v) is 3.57. The molecule has 0 aromatic heterocycles. The monoisotopic (exact) mass is 307 g/mol. The summed E-state index contributed by atoms with van der Waals surface area (Å²) in [5, 5.41) is 0.155. The molecule has 0 radical (unpaired) electrons. The Morgan fingerprint density at radius 3 is 2.35 bits per heavy atom. The minimum absolute atomic E-state index is 0.175. The highest BCUT2D eigenvalue weighted by Crippen LogP contribution is 2.29. The number of hydrogen-bond acceptors (Lipinski definition) is 2. The zero-order chi connectivity index (χ0) is 14.5. The predicted molar refractivity (Wildman–Crippen MR) is 81.9 cm³/mol. The number of carbonyl (C=O) groups is 1. The molecule has 2 rings (SSSR count). The van der Waals surface area contributed by atoms with Gasteiger partial charge in [0, 0.05) is 15.8 Å². The number of carbonyl (C=O) groups excluding carboxylic acids is 1. The summed E-state index contributed by atoms with van der Waals surface area (Å²) in [4.78, 5) is 11.0. The maximum absolute atomic E-state index is 12.4. The lowest BCUT2D eigenvalue weighted by Crippen LogP contribution is -2.23. The molecule has 3 nitrogen and oxygen atoms in total. The first-order valence-corrected chi connectivity index (χ1v) is 7.80. The lowest BCUT2D eigenvalue weighted by atomic mass is 10.0. The molecule has 0 saturated carbocycles. The number of halogens is 1. The molecule has 0 saturated heterocycles. The average molecular weight is 308 g/mol. The van der Waals surface area contributed by atoms with Crippen molar-refractivity contribution in [3.05, 3.63) is 70.7 Å². The van der Waals surface area contributed by atoms with Gasteiger partial charge < -0.3 is 5.73 Å². The van der Waals surface area contributed by atoms with Crippen LogP contribution in [0.1, 0.15) is 16.4 Å². The Labute approximate surface area is 125 Å². The Balaban J connectivity index is 2.44. The first-order valence-electron chi connectivity index (χ1n) is 6.04. The van der Waals surface area contributed by atoms with Gasteiger partial charge >= 0.3 is 0 Å². The third kappa shape index (κ3) is 3.68. The summed E-state index contributed by atoms with van der Waals surface area (Å²) in [6.07, 6.45) is 0. The molecule has 2 aromatic rings. The van der Waals surface area contributed by atoms with Gasteiger partial charge in [0.1, 0.15) is 5.75 Å². The summed E-state index contributed by atoms with van der Waals surface area (Å²) < 4.78 is 12.4. The fourth-order valence-electron chi connectivity index (χ4n) is 2.02. The van der Waals surface area contributed by atoms with Crippen LogP contribution in [-0.2, 0) is 15.6 Å². The van der Waals surface area contributed by atoms with Gasteiger partial charge in [-0.1, -0.05) is 54.1 Å². The van der Waals surface area contributed by atoms with Gasteiger partial charge in [0.25, 0.3) is 0 Å². The van der Waals surface area contributed by atoms with Crippen LogP contribution in [-0.4, -0.2) is 15.9 Å². The Hall–Kier alpha value is -1.65. The molecule has 2 aromatic carbocycles. The molecule has 0 aliphatic carbocycles. The van der Waals surface area contributed by atoms with Crippen LogP contribution in [0.3, 0.4) is 0 Å². The summed E-state index contributed by atoms with van der Waals surface area (Å²) in [5.41, 5.74) is 6.84. The number of nitrogens with two attached hydrogens (primary N) is 1. The van der Waals surface area contributed by atoms with Crippen molar-refractivity contribution in [3.8, 4) is 0 Å². The van der Waals surface area contributed by atoms with Gasteiger partial charge in [-0.3, -0.25) is 9.00 Å². The van der Waals surface area contributed by atoms with Crippen LogP contribution in [0.25, 0.3) is 0 Å². The van der Waals surface area contributed by atoms with E-state index in [9.17, 15) is 9.00 Å². The zero-order valence-corrected chi connectivity index (χ0v) is 12.2. The maximum atomic E-state index is 12.4. The zero-order valence-electron chi connectivity index (χ0n) is 10.7. The number of primary amides is 1. The fraction of sp³-hybridized carbons (Fsp3) is 0.133. The maximum Gasteiger partial charge on any atom is 0.230 e. The molecule has 2 atom stereocenters. The number of rotatable bonds is 5. The Kier molecular flexibility index (Phi) is 4.93. The molecule has 0 aliphatic rings. The van der Waals surface area contributed by atoms with Crippen molar-refractivity contribution in [2.45, 2.75) is 5.25 Å². The van der Waals surface area contributed by atoms with Gasteiger partial charge in [-0.15, -0.1) is 0 Å². The summed E-state index contributed by atoms with van der Waals surface area (Å²) in [7, 11) is -1.43. The molecule has 5 heteroatoms. The SMILES string of the molecule is NC(=O)CS(=O)C(c1ccccc1)c1cccc(Cl)c1. The first-order chi connectivity index (χ1) is 9.58. The van der Waals surface area contributed by atoms with Crippen molar-refractivity contribution in [2.75, 3.05) is 5.75 Å². The minimum Gasteiger partial charge on any atom is -0.369 e. The Morgan fingerprint density at radius 1 is 1.10 bits per heavy atom. The quantitative estimate of drug-likeness (QED) is 0.923. The summed E-state index contributed by atoms with van der Waals surface area (Å²) in [5.74, 6) is -0.752. The van der Waals surface area contributed by atoms with Crippen LogP contribution < -0.4 is 5.73 Å². The van der Waals surface area contributed by atoms with Crippen molar-refractivity contribution in [3.63, 3.8) is 0 Å². The summed E-state index contributed by atoms with van der Waals surface area (Å²) in [6.45, 7) is 0. The molecule has 0 aliphatic heterocycles. The van der Waals surface area contributed by atoms with Crippen molar-refractivity contribution in [1.29, 1.82) is 0 Å². The van der Waals surface area contributed by atoms with Gasteiger partial charge in [0.2, 0.25) is 5.91 Å². The number of amides is 1. The lowest BCUT2D eigenvalue weighted by Gasteiger charge is -2.17. The Bertz CT molecular complexity index is 631. The first kappa shape index (κ1) is 14.8. The predicted octanol–water partition coefficient (Wildman–Crippen LogP) is 2.66. The third-order valence-electron chi connectivity index (χ3n) is 2.80. The van der Waals surface area contributed by atoms with E-state index in [4.69, 9.17) is 17.3 Å². The van der Waals surface area contributed by atoms with E-state index in [0.717, 1.165) is 11.1 Å². The largest absolute Gasteiger partial charge is 0.369 e. The molecule has 2 unspecified atom stereocenters. The third-order valence-corrected chi connectivity index (χ3v) is 4.68. The van der Waals surface area contributed by atoms with Crippen molar-refractivity contribution in [1.82, 2.24) is 0 Å². The van der Waals surface area contributed by atoms with E-state index in [1.54, 1.807) is 18.2 Å². The second-order valence-electron chi connectivity index (χ2n) is 4.34. The van der Waals surface area contributed by atoms with Gasteiger partial charge in [0.05, 0.1) is 5.25 Å². The molecular weight excluding hydrogens is 294 g/mol. The van der Waals surface area contributed by atoms with Crippen molar-refractivity contribution in [2.24, 2.45) is 5.73 Å². The van der Waals surface area contributed by atoms with E-state index < -0.39 is 22.0 Å². The molecular formula is C15H14ClNO2S. The van der Waals surface area contributed by atoms with E-state index in [-0.39, 0.29) is 5.75 Å². The lowest BCUT2D eigenvalue weighted by molar-refractivity contribution is -0.115. The van der Waals surface area contributed by atoms with E-state index in [2.05, 4.69) is 0 Å². The molecule has 104 valence electrons. The summed E-state index contributed by atoms with van der Waals surface area (Å²) in [6, 6.07) is 16.5. The van der Waals surface area contributed by atoms with Crippen LogP contribution in [0.4, 0.5) is 0 Å². The highest BCUT2D eigenvalue weighted by atomic mass is 35.5. The van der Waals surface area contributed by atoms with Gasteiger partial charge in [-0.25, -0.2) is 0 Å². The number of benzene rings is 2. The van der Waals surface area contributed by atoms with Gasteiger partial charge in [-0.2, -0.15) is 0 Å². The molecule has 1 amide bonds. The van der Waals surface area contributed by atoms with Crippen LogP contribution >= 0.6 is 11.6 Å². The van der Waals surface area contributed by atoms with E-state index in [1.807, 2.05) is 36.4 Å². The molecule has 0 bridgehead atoms. The molecule has 20 heavy (non-hydrogen) atoms. The second kappa shape index (κ2) is 6.68. The topological polar surface area (TPSA) is 60.2 Å². The standard InChI is InChI=1S/C15H14ClNO2S/c16-13-8-4-7-12(9-13)15(20(19)10-14(17)18)11-5-2-1-3-6-11/h1-9,15H,10H2,(H2,17,18). The highest BCUT2D eigenvalue weighted by molar-refractivity contribution is 7.86. The van der Waals surface area contributed by atoms with Crippen molar-refractivity contribution >= 4 is 28.3 Å². The smallest absolute Gasteiger partial charge is 0.230 e. The highest BCUT2D eigenvalue weighted by Gasteiger charge is 2.22. The molecule has 2 N–H and O–H groups in total. The normalized spacial score (nSPS) is 13.7. The van der Waals surface area contributed by atoms with Crippen LogP contribution in [0.15, 0.2) is 54.6 Å². The van der Waals surface area contributed by atoms with Crippen LogP contribution in [0.2, 0.25) is 5.02 Å². The number of hydrogen-bond donors (Lipinski definition) is 1. The molecule has 0 heterocycles. The molecule has 0 spiro atoms. The van der Waals surface area contributed by atoms with E-state index in [1.165, 1.54) is 0 Å². The molecule has 0 fully saturated rings. The minimum atomic E-state index is -1.43. The van der Waals surface area contributed by atoms with E-state index >= 15 is 0 Å². The Morgan fingerprint density at radius 2 is 1.75 bits per heavy atom.